The van der Waals surface area contributed by atoms with Gasteiger partial charge in [0.15, 0.2) is 0 Å². The third-order valence-electron chi connectivity index (χ3n) is 3.10. The Morgan fingerprint density at radius 3 is 2.35 bits per heavy atom. The quantitative estimate of drug-likeness (QED) is 0.802. The highest BCUT2D eigenvalue weighted by Gasteiger charge is 2.38. The van der Waals surface area contributed by atoms with Crippen LogP contribution >= 0.6 is 11.6 Å². The van der Waals surface area contributed by atoms with Crippen molar-refractivity contribution in [3.63, 3.8) is 0 Å². The molecule has 0 saturated carbocycles. The summed E-state index contributed by atoms with van der Waals surface area (Å²) < 4.78 is 0. The minimum atomic E-state index is -0.581. The number of unbranched alkanes of at least 4 members (excludes halogenated alkanes) is 1. The topological polar surface area (TPSA) is 57.7 Å². The van der Waals surface area contributed by atoms with Gasteiger partial charge in [0.1, 0.15) is 6.42 Å². The first-order valence-corrected chi connectivity index (χ1v) is 6.85. The first-order chi connectivity index (χ1) is 9.54. The summed E-state index contributed by atoms with van der Waals surface area (Å²) in [6, 6.07) is 5.80. The van der Waals surface area contributed by atoms with E-state index in [1.54, 1.807) is 24.3 Å². The van der Waals surface area contributed by atoms with Crippen LogP contribution in [0.4, 0.5) is 10.5 Å². The minimum absolute atomic E-state index is 0.280. The lowest BCUT2D eigenvalue weighted by Gasteiger charge is -2.32. The molecular formula is C14H15ClN2O3. The van der Waals surface area contributed by atoms with E-state index in [2.05, 4.69) is 0 Å². The van der Waals surface area contributed by atoms with Gasteiger partial charge in [-0.25, -0.2) is 9.69 Å². The zero-order valence-corrected chi connectivity index (χ0v) is 11.9. The van der Waals surface area contributed by atoms with Crippen LogP contribution in [0.5, 0.6) is 0 Å². The Kier molecular flexibility index (Phi) is 4.39. The van der Waals surface area contributed by atoms with Crippen molar-refractivity contribution >= 4 is 35.1 Å². The molecule has 0 atom stereocenters. The molecule has 1 fully saturated rings. The summed E-state index contributed by atoms with van der Waals surface area (Å²) in [6.45, 7) is 2.31. The number of nitrogens with zero attached hydrogens (tertiary/aromatic N) is 2. The van der Waals surface area contributed by atoms with Gasteiger partial charge in [0.2, 0.25) is 11.8 Å². The predicted molar refractivity (Wildman–Crippen MR) is 75.6 cm³/mol. The second-order valence-corrected chi connectivity index (χ2v) is 5.00. The number of rotatable bonds is 4. The van der Waals surface area contributed by atoms with Crippen LogP contribution in [0.1, 0.15) is 26.2 Å². The van der Waals surface area contributed by atoms with Gasteiger partial charge >= 0.3 is 6.03 Å². The highest BCUT2D eigenvalue weighted by atomic mass is 35.5. The van der Waals surface area contributed by atoms with E-state index in [-0.39, 0.29) is 6.42 Å². The summed E-state index contributed by atoms with van der Waals surface area (Å²) in [5.74, 6) is -0.936. The molecule has 1 heterocycles. The first-order valence-electron chi connectivity index (χ1n) is 6.47. The van der Waals surface area contributed by atoms with E-state index in [1.807, 2.05) is 6.92 Å². The monoisotopic (exact) mass is 294 g/mol. The van der Waals surface area contributed by atoms with Crippen LogP contribution in [-0.4, -0.2) is 29.3 Å². The number of benzene rings is 1. The summed E-state index contributed by atoms with van der Waals surface area (Å²) in [5.41, 5.74) is 0.429. The highest BCUT2D eigenvalue weighted by Crippen LogP contribution is 2.23. The molecule has 0 aromatic heterocycles. The number of anilines is 1. The largest absolute Gasteiger partial charge is 0.338 e. The van der Waals surface area contributed by atoms with E-state index < -0.39 is 17.8 Å². The standard InChI is InChI=1S/C14H15ClN2O3/c1-2-3-8-16-12(18)9-13(19)17(14(16)20)11-6-4-10(15)5-7-11/h4-7H,2-3,8-9H2,1H3. The van der Waals surface area contributed by atoms with Crippen LogP contribution in [-0.2, 0) is 9.59 Å². The van der Waals surface area contributed by atoms with Crippen LogP contribution in [0.25, 0.3) is 0 Å². The Labute approximate surface area is 122 Å². The van der Waals surface area contributed by atoms with Crippen LogP contribution in [0, 0.1) is 0 Å². The zero-order valence-electron chi connectivity index (χ0n) is 11.1. The minimum Gasteiger partial charge on any atom is -0.274 e. The van der Waals surface area contributed by atoms with Gasteiger partial charge in [0.25, 0.3) is 0 Å². The number of hydrogen-bond acceptors (Lipinski definition) is 3. The van der Waals surface area contributed by atoms with E-state index in [1.165, 1.54) is 0 Å². The molecular weight excluding hydrogens is 280 g/mol. The SMILES string of the molecule is CCCCN1C(=O)CC(=O)N(c2ccc(Cl)cc2)C1=O. The maximum atomic E-state index is 12.3. The van der Waals surface area contributed by atoms with Gasteiger partial charge in [-0.3, -0.25) is 14.5 Å². The van der Waals surface area contributed by atoms with Crippen molar-refractivity contribution in [1.29, 1.82) is 0 Å². The van der Waals surface area contributed by atoms with Crippen LogP contribution in [0.2, 0.25) is 5.02 Å². The molecule has 0 aliphatic carbocycles. The number of carbonyl (C=O) groups excluding carboxylic acids is 3. The summed E-state index contributed by atoms with van der Waals surface area (Å²) in [5, 5.41) is 0.518. The number of imide groups is 2. The Morgan fingerprint density at radius 2 is 1.75 bits per heavy atom. The molecule has 1 aliphatic rings. The molecule has 1 aromatic rings. The van der Waals surface area contributed by atoms with Crippen LogP contribution in [0.15, 0.2) is 24.3 Å². The fourth-order valence-corrected chi connectivity index (χ4v) is 2.15. The van der Waals surface area contributed by atoms with E-state index in [9.17, 15) is 14.4 Å². The average Bonchev–Trinajstić information content (AvgIpc) is 2.40. The number of carbonyl (C=O) groups is 3. The van der Waals surface area contributed by atoms with Crippen molar-refractivity contribution in [2.75, 3.05) is 11.4 Å². The number of halogens is 1. The number of amides is 4. The molecule has 0 unspecified atom stereocenters. The Balaban J connectivity index is 2.27. The second-order valence-electron chi connectivity index (χ2n) is 4.56. The van der Waals surface area contributed by atoms with E-state index in [0.29, 0.717) is 17.3 Å². The average molecular weight is 295 g/mol. The Hall–Kier alpha value is -1.88. The van der Waals surface area contributed by atoms with Crippen molar-refractivity contribution in [3.05, 3.63) is 29.3 Å². The number of hydrogen-bond donors (Lipinski definition) is 0. The summed E-state index contributed by atoms with van der Waals surface area (Å²) in [4.78, 5) is 38.2. The van der Waals surface area contributed by atoms with Gasteiger partial charge in [-0.05, 0) is 30.7 Å². The van der Waals surface area contributed by atoms with Gasteiger partial charge in [0.05, 0.1) is 5.69 Å². The molecule has 0 radical (unpaired) electrons. The molecule has 0 bridgehead atoms. The summed E-state index contributed by atoms with van der Waals surface area (Å²) >= 11 is 5.79. The van der Waals surface area contributed by atoms with Crippen molar-refractivity contribution in [2.24, 2.45) is 0 Å². The molecule has 4 amide bonds. The third kappa shape index (κ3) is 2.82. The van der Waals surface area contributed by atoms with Crippen molar-refractivity contribution in [1.82, 2.24) is 4.90 Å². The number of barbiturate groups is 1. The highest BCUT2D eigenvalue weighted by molar-refractivity contribution is 6.31. The summed E-state index contributed by atoms with van der Waals surface area (Å²) in [7, 11) is 0. The molecule has 1 aromatic carbocycles. The molecule has 5 nitrogen and oxygen atoms in total. The predicted octanol–water partition coefficient (Wildman–Crippen LogP) is 2.83. The Morgan fingerprint density at radius 1 is 1.10 bits per heavy atom. The smallest absolute Gasteiger partial charge is 0.274 e. The maximum Gasteiger partial charge on any atom is 0.338 e. The normalized spacial score (nSPS) is 16.0. The van der Waals surface area contributed by atoms with Crippen LogP contribution < -0.4 is 4.90 Å². The molecule has 1 saturated heterocycles. The molecule has 6 heteroatoms. The second kappa shape index (κ2) is 6.05. The van der Waals surface area contributed by atoms with Gasteiger partial charge in [-0.2, -0.15) is 0 Å². The van der Waals surface area contributed by atoms with Gasteiger partial charge in [0, 0.05) is 11.6 Å². The van der Waals surface area contributed by atoms with Crippen molar-refractivity contribution < 1.29 is 14.4 Å². The van der Waals surface area contributed by atoms with E-state index in [4.69, 9.17) is 11.6 Å². The van der Waals surface area contributed by atoms with Crippen molar-refractivity contribution in [2.45, 2.75) is 26.2 Å². The van der Waals surface area contributed by atoms with Gasteiger partial charge in [-0.1, -0.05) is 24.9 Å². The molecule has 0 spiro atoms. The van der Waals surface area contributed by atoms with E-state index in [0.717, 1.165) is 22.6 Å². The van der Waals surface area contributed by atoms with Gasteiger partial charge < -0.3 is 0 Å². The fraction of sp³-hybridized carbons (Fsp3) is 0.357. The zero-order chi connectivity index (χ0) is 14.7. The van der Waals surface area contributed by atoms with Crippen LogP contribution in [0.3, 0.4) is 0 Å². The molecule has 0 N–H and O–H groups in total. The van der Waals surface area contributed by atoms with Crippen molar-refractivity contribution in [3.8, 4) is 0 Å². The molecule has 106 valence electrons. The lowest BCUT2D eigenvalue weighted by molar-refractivity contribution is -0.134. The van der Waals surface area contributed by atoms with E-state index >= 15 is 0 Å². The molecule has 1 aliphatic heterocycles. The van der Waals surface area contributed by atoms with Gasteiger partial charge in [-0.15, -0.1) is 0 Å². The molecule has 20 heavy (non-hydrogen) atoms. The molecule has 2 rings (SSSR count). The maximum absolute atomic E-state index is 12.3. The first kappa shape index (κ1) is 14.5. The number of urea groups is 1. The fourth-order valence-electron chi connectivity index (χ4n) is 2.02. The third-order valence-corrected chi connectivity index (χ3v) is 3.35. The summed E-state index contributed by atoms with van der Waals surface area (Å²) in [6.07, 6.45) is 1.31. The lowest BCUT2D eigenvalue weighted by Crippen LogP contribution is -2.55. The Bertz CT molecular complexity index is 542. The lowest BCUT2D eigenvalue weighted by atomic mass is 10.2.